The van der Waals surface area contributed by atoms with Crippen molar-refractivity contribution >= 4 is 23.4 Å². The second-order valence-electron chi connectivity index (χ2n) is 9.12. The molecule has 32 heavy (non-hydrogen) atoms. The van der Waals surface area contributed by atoms with Gasteiger partial charge in [-0.15, -0.1) is 0 Å². The molecule has 5 unspecified atom stereocenters. The van der Waals surface area contributed by atoms with Gasteiger partial charge in [-0.2, -0.15) is 0 Å². The smallest absolute Gasteiger partial charge is 0.230 e. The lowest BCUT2D eigenvalue weighted by Crippen LogP contribution is -2.46. The number of carbonyl (C=O) groups is 2. The Morgan fingerprint density at radius 1 is 1.22 bits per heavy atom. The van der Waals surface area contributed by atoms with Gasteiger partial charge in [0.25, 0.3) is 0 Å². The summed E-state index contributed by atoms with van der Waals surface area (Å²) in [5.41, 5.74) is 1.44. The molecule has 0 aromatic heterocycles. The molecule has 0 saturated carbocycles. The fourth-order valence-corrected chi connectivity index (χ4v) is 5.48. The van der Waals surface area contributed by atoms with Crippen molar-refractivity contribution in [3.8, 4) is 0 Å². The van der Waals surface area contributed by atoms with Crippen LogP contribution in [0.3, 0.4) is 0 Å². The van der Waals surface area contributed by atoms with Gasteiger partial charge in [0.15, 0.2) is 0 Å². The highest BCUT2D eigenvalue weighted by Gasteiger charge is 2.66. The van der Waals surface area contributed by atoms with Crippen LogP contribution in [0.15, 0.2) is 66.7 Å². The van der Waals surface area contributed by atoms with Gasteiger partial charge in [-0.25, -0.2) is 0 Å². The summed E-state index contributed by atoms with van der Waals surface area (Å²) >= 11 is 6.31. The molecule has 2 amide bonds. The third-order valence-electron chi connectivity index (χ3n) is 6.90. The number of hydrogen-bond acceptors (Lipinski definition) is 3. The van der Waals surface area contributed by atoms with E-state index >= 15 is 0 Å². The average molecular weight is 451 g/mol. The Hall–Kier alpha value is -2.63. The van der Waals surface area contributed by atoms with Crippen LogP contribution in [0.25, 0.3) is 0 Å². The van der Waals surface area contributed by atoms with Crippen LogP contribution in [0.2, 0.25) is 5.02 Å². The number of benzene rings is 2. The number of amides is 2. The summed E-state index contributed by atoms with van der Waals surface area (Å²) in [6, 6.07) is 17.8. The van der Waals surface area contributed by atoms with Gasteiger partial charge in [0.05, 0.1) is 24.5 Å². The number of ether oxygens (including phenoxy) is 1. The number of nitrogens with zero attached hydrogens (tertiary/aromatic N) is 1. The second kappa shape index (κ2) is 8.38. The maximum atomic E-state index is 13.4. The van der Waals surface area contributed by atoms with Crippen molar-refractivity contribution in [3.05, 3.63) is 82.9 Å². The Labute approximate surface area is 193 Å². The molecule has 2 aromatic rings. The zero-order chi connectivity index (χ0) is 22.3. The molecule has 3 heterocycles. The molecular weight excluding hydrogens is 424 g/mol. The Bertz CT molecular complexity index is 1060. The van der Waals surface area contributed by atoms with Crippen LogP contribution in [-0.4, -0.2) is 41.0 Å². The molecule has 3 aliphatic heterocycles. The van der Waals surface area contributed by atoms with Gasteiger partial charge in [-0.1, -0.05) is 72.3 Å². The van der Waals surface area contributed by atoms with Crippen molar-refractivity contribution in [1.29, 1.82) is 0 Å². The second-order valence-corrected chi connectivity index (χ2v) is 9.53. The molecule has 1 spiro atoms. The van der Waals surface area contributed by atoms with E-state index in [9.17, 15) is 9.59 Å². The maximum Gasteiger partial charge on any atom is 0.230 e. The SMILES string of the molecule is CC(CCc1ccccc1)NC(=O)C1C2C=CC3(CN(Cc4ccccc4Cl)C(=O)C13)O2. The van der Waals surface area contributed by atoms with Crippen LogP contribution in [0.4, 0.5) is 0 Å². The van der Waals surface area contributed by atoms with Crippen LogP contribution in [-0.2, 0) is 27.3 Å². The summed E-state index contributed by atoms with van der Waals surface area (Å²) < 4.78 is 6.23. The number of rotatable bonds is 7. The monoisotopic (exact) mass is 450 g/mol. The Kier molecular flexibility index (Phi) is 5.56. The molecule has 6 heteroatoms. The van der Waals surface area contributed by atoms with Gasteiger partial charge in [-0.05, 0) is 37.0 Å². The van der Waals surface area contributed by atoms with E-state index in [-0.39, 0.29) is 24.0 Å². The molecule has 5 nitrogen and oxygen atoms in total. The van der Waals surface area contributed by atoms with Gasteiger partial charge < -0.3 is 15.0 Å². The number of nitrogens with one attached hydrogen (secondary N) is 1. The van der Waals surface area contributed by atoms with Gasteiger partial charge in [-0.3, -0.25) is 9.59 Å². The summed E-state index contributed by atoms with van der Waals surface area (Å²) in [5, 5.41) is 3.77. The Morgan fingerprint density at radius 2 is 1.97 bits per heavy atom. The molecule has 5 atom stereocenters. The van der Waals surface area contributed by atoms with E-state index in [1.807, 2.05) is 61.5 Å². The van der Waals surface area contributed by atoms with E-state index in [2.05, 4.69) is 17.4 Å². The minimum Gasteiger partial charge on any atom is -0.360 e. The molecule has 2 saturated heterocycles. The van der Waals surface area contributed by atoms with Crippen LogP contribution < -0.4 is 5.32 Å². The third kappa shape index (κ3) is 3.74. The summed E-state index contributed by atoms with van der Waals surface area (Å²) in [4.78, 5) is 28.4. The third-order valence-corrected chi connectivity index (χ3v) is 7.27. The molecule has 3 aliphatic rings. The first-order chi connectivity index (χ1) is 15.5. The first-order valence-corrected chi connectivity index (χ1v) is 11.6. The van der Waals surface area contributed by atoms with Crippen LogP contribution in [0, 0.1) is 11.8 Å². The first-order valence-electron chi connectivity index (χ1n) is 11.2. The maximum absolute atomic E-state index is 13.4. The summed E-state index contributed by atoms with van der Waals surface area (Å²) in [6.45, 7) is 2.88. The predicted octanol–water partition coefficient (Wildman–Crippen LogP) is 3.76. The normalized spacial score (nSPS) is 28.8. The van der Waals surface area contributed by atoms with E-state index in [1.54, 1.807) is 4.90 Å². The standard InChI is InChI=1S/C26H27ClN2O3/c1-17(11-12-18-7-3-2-4-8-18)28-24(30)22-21-13-14-26(32-21)16-29(25(31)23(22)26)15-19-9-5-6-10-20(19)27/h2-10,13-14,17,21-23H,11-12,15-16H2,1H3,(H,28,30). The summed E-state index contributed by atoms with van der Waals surface area (Å²) in [7, 11) is 0. The molecule has 1 N–H and O–H groups in total. The number of carbonyl (C=O) groups excluding carboxylic acids is 2. The van der Waals surface area contributed by atoms with Gasteiger partial charge in [0, 0.05) is 17.6 Å². The zero-order valence-electron chi connectivity index (χ0n) is 18.0. The fourth-order valence-electron chi connectivity index (χ4n) is 5.28. The lowest BCUT2D eigenvalue weighted by atomic mass is 9.76. The highest BCUT2D eigenvalue weighted by atomic mass is 35.5. The quantitative estimate of drug-likeness (QED) is 0.653. The minimum absolute atomic E-state index is 0.0116. The molecule has 2 fully saturated rings. The van der Waals surface area contributed by atoms with Crippen LogP contribution in [0.5, 0.6) is 0 Å². The molecule has 2 aromatic carbocycles. The Morgan fingerprint density at radius 3 is 2.75 bits per heavy atom. The predicted molar refractivity (Wildman–Crippen MR) is 123 cm³/mol. The van der Waals surface area contributed by atoms with Crippen molar-refractivity contribution < 1.29 is 14.3 Å². The first kappa shape index (κ1) is 21.2. The highest BCUT2D eigenvalue weighted by Crippen LogP contribution is 2.52. The van der Waals surface area contributed by atoms with Crippen LogP contribution in [0.1, 0.15) is 24.5 Å². The minimum atomic E-state index is -0.710. The summed E-state index contributed by atoms with van der Waals surface area (Å²) in [6.07, 6.45) is 5.32. The van der Waals surface area contributed by atoms with Crippen molar-refractivity contribution in [2.45, 2.75) is 44.1 Å². The van der Waals surface area contributed by atoms with Crippen LogP contribution >= 0.6 is 11.6 Å². The Balaban J connectivity index is 1.26. The number of likely N-dealkylation sites (tertiary alicyclic amines) is 1. The topological polar surface area (TPSA) is 58.6 Å². The lowest BCUT2D eigenvalue weighted by molar-refractivity contribution is -0.138. The lowest BCUT2D eigenvalue weighted by Gasteiger charge is -2.25. The van der Waals surface area contributed by atoms with Gasteiger partial charge in [0.1, 0.15) is 5.60 Å². The molecule has 0 radical (unpaired) electrons. The zero-order valence-corrected chi connectivity index (χ0v) is 18.8. The van der Waals surface area contributed by atoms with Crippen molar-refractivity contribution in [3.63, 3.8) is 0 Å². The van der Waals surface area contributed by atoms with Crippen molar-refractivity contribution in [2.24, 2.45) is 11.8 Å². The summed E-state index contributed by atoms with van der Waals surface area (Å²) in [5.74, 6) is -1.11. The van der Waals surface area contributed by atoms with Crippen molar-refractivity contribution in [2.75, 3.05) is 6.54 Å². The van der Waals surface area contributed by atoms with Gasteiger partial charge in [0.2, 0.25) is 11.8 Å². The molecule has 166 valence electrons. The van der Waals surface area contributed by atoms with Gasteiger partial charge >= 0.3 is 0 Å². The van der Waals surface area contributed by atoms with E-state index in [0.29, 0.717) is 18.1 Å². The number of aryl methyl sites for hydroxylation is 1. The number of halogens is 1. The molecule has 0 aliphatic carbocycles. The number of fused-ring (bicyclic) bond motifs is 1. The number of hydrogen-bond donors (Lipinski definition) is 1. The fraction of sp³-hybridized carbons (Fsp3) is 0.385. The van der Waals surface area contributed by atoms with Crippen molar-refractivity contribution in [1.82, 2.24) is 10.2 Å². The molecule has 5 rings (SSSR count). The largest absolute Gasteiger partial charge is 0.360 e. The molecule has 2 bridgehead atoms. The van der Waals surface area contributed by atoms with E-state index in [1.165, 1.54) is 5.56 Å². The molecular formula is C26H27ClN2O3. The van der Waals surface area contributed by atoms with E-state index < -0.39 is 17.4 Å². The average Bonchev–Trinajstić information content (AvgIpc) is 3.43. The van der Waals surface area contributed by atoms with E-state index in [0.717, 1.165) is 18.4 Å². The highest BCUT2D eigenvalue weighted by molar-refractivity contribution is 6.31. The van der Waals surface area contributed by atoms with E-state index in [4.69, 9.17) is 16.3 Å².